The lowest BCUT2D eigenvalue weighted by Crippen LogP contribution is -2.25. The molecular weight excluding hydrogens is 261 g/mol. The molecule has 0 saturated carbocycles. The van der Waals surface area contributed by atoms with E-state index in [1.807, 2.05) is 20.8 Å². The first-order chi connectivity index (χ1) is 8.15. The van der Waals surface area contributed by atoms with E-state index in [1.54, 1.807) is 0 Å². The molecule has 2 nitrogen and oxygen atoms in total. The summed E-state index contributed by atoms with van der Waals surface area (Å²) < 4.78 is 38.4. The van der Waals surface area contributed by atoms with E-state index in [0.29, 0.717) is 10.6 Å². The predicted molar refractivity (Wildman–Crippen MR) is 68.0 cm³/mol. The van der Waals surface area contributed by atoms with Crippen molar-refractivity contribution in [2.45, 2.75) is 32.5 Å². The Kier molecular flexibility index (Phi) is 3.01. The summed E-state index contributed by atoms with van der Waals surface area (Å²) in [5.41, 5.74) is -0.454. The van der Waals surface area contributed by atoms with Gasteiger partial charge in [0.15, 0.2) is 5.13 Å². The standard InChI is InChI=1S/C12H13F3N2S/c1-11(2,3)17-10-16-8-6-7(12(13,14)15)4-5-9(8)18-10/h4-6H,1-3H3,(H,16,17). The van der Waals surface area contributed by atoms with E-state index in [0.717, 1.165) is 16.8 Å². The van der Waals surface area contributed by atoms with E-state index >= 15 is 0 Å². The van der Waals surface area contributed by atoms with Crippen molar-refractivity contribution in [1.29, 1.82) is 0 Å². The fourth-order valence-corrected chi connectivity index (χ4v) is 2.53. The minimum atomic E-state index is -4.32. The van der Waals surface area contributed by atoms with Crippen molar-refractivity contribution >= 4 is 26.7 Å². The molecule has 0 bridgehead atoms. The summed E-state index contributed by atoms with van der Waals surface area (Å²) in [5, 5.41) is 3.79. The van der Waals surface area contributed by atoms with Gasteiger partial charge in [-0.1, -0.05) is 11.3 Å². The Morgan fingerprint density at radius 2 is 1.83 bits per heavy atom. The first kappa shape index (κ1) is 13.1. The van der Waals surface area contributed by atoms with Crippen LogP contribution in [0.15, 0.2) is 18.2 Å². The molecule has 6 heteroatoms. The first-order valence-electron chi connectivity index (χ1n) is 5.41. The van der Waals surface area contributed by atoms with E-state index < -0.39 is 11.7 Å². The van der Waals surface area contributed by atoms with Crippen molar-refractivity contribution in [3.8, 4) is 0 Å². The second-order valence-corrected chi connectivity index (χ2v) is 6.10. The van der Waals surface area contributed by atoms with Crippen LogP contribution in [0.25, 0.3) is 10.2 Å². The maximum Gasteiger partial charge on any atom is 0.416 e. The van der Waals surface area contributed by atoms with Crippen molar-refractivity contribution in [1.82, 2.24) is 4.98 Å². The highest BCUT2D eigenvalue weighted by Gasteiger charge is 2.30. The van der Waals surface area contributed by atoms with Crippen LogP contribution in [-0.2, 0) is 6.18 Å². The van der Waals surface area contributed by atoms with Gasteiger partial charge in [-0.15, -0.1) is 0 Å². The fraction of sp³-hybridized carbons (Fsp3) is 0.417. The number of thiazole rings is 1. The van der Waals surface area contributed by atoms with E-state index in [9.17, 15) is 13.2 Å². The maximum absolute atomic E-state index is 12.6. The van der Waals surface area contributed by atoms with E-state index in [-0.39, 0.29) is 5.54 Å². The molecule has 0 radical (unpaired) electrons. The van der Waals surface area contributed by atoms with Gasteiger partial charge in [-0.3, -0.25) is 0 Å². The van der Waals surface area contributed by atoms with Gasteiger partial charge in [-0.2, -0.15) is 13.2 Å². The average molecular weight is 274 g/mol. The smallest absolute Gasteiger partial charge is 0.357 e. The molecular formula is C12H13F3N2S. The van der Waals surface area contributed by atoms with Crippen molar-refractivity contribution < 1.29 is 13.2 Å². The number of alkyl halides is 3. The lowest BCUT2D eigenvalue weighted by Gasteiger charge is -2.19. The number of nitrogens with one attached hydrogen (secondary N) is 1. The van der Waals surface area contributed by atoms with Crippen LogP contribution in [-0.4, -0.2) is 10.5 Å². The van der Waals surface area contributed by atoms with Crippen molar-refractivity contribution in [3.63, 3.8) is 0 Å². The van der Waals surface area contributed by atoms with Gasteiger partial charge in [0.25, 0.3) is 0 Å². The Balaban J connectivity index is 2.40. The van der Waals surface area contributed by atoms with Gasteiger partial charge in [0.05, 0.1) is 15.8 Å². The van der Waals surface area contributed by atoms with E-state index in [1.165, 1.54) is 17.4 Å². The maximum atomic E-state index is 12.6. The number of aromatic nitrogens is 1. The molecule has 2 aromatic rings. The Labute approximate surface area is 107 Å². The molecule has 0 aliphatic rings. The van der Waals surface area contributed by atoms with Gasteiger partial charge >= 0.3 is 6.18 Å². The number of halogens is 3. The molecule has 0 aliphatic heterocycles. The molecule has 98 valence electrons. The summed E-state index contributed by atoms with van der Waals surface area (Å²) in [6.07, 6.45) is -4.32. The van der Waals surface area contributed by atoms with E-state index in [2.05, 4.69) is 10.3 Å². The van der Waals surface area contributed by atoms with Crippen LogP contribution in [0, 0.1) is 0 Å². The van der Waals surface area contributed by atoms with E-state index in [4.69, 9.17) is 0 Å². The van der Waals surface area contributed by atoms with Gasteiger partial charge < -0.3 is 5.32 Å². The third-order valence-corrected chi connectivity index (χ3v) is 3.15. The Morgan fingerprint density at radius 1 is 1.17 bits per heavy atom. The largest absolute Gasteiger partial charge is 0.416 e. The van der Waals surface area contributed by atoms with Crippen LogP contribution in [0.4, 0.5) is 18.3 Å². The van der Waals surface area contributed by atoms with Crippen molar-refractivity contribution in [2.75, 3.05) is 5.32 Å². The molecule has 2 rings (SSSR count). The third kappa shape index (κ3) is 2.93. The SMILES string of the molecule is CC(C)(C)Nc1nc2cc(C(F)(F)F)ccc2s1. The molecule has 0 aliphatic carbocycles. The van der Waals surface area contributed by atoms with Crippen LogP contribution in [0.3, 0.4) is 0 Å². The van der Waals surface area contributed by atoms with Gasteiger partial charge in [0.2, 0.25) is 0 Å². The summed E-state index contributed by atoms with van der Waals surface area (Å²) in [7, 11) is 0. The number of benzene rings is 1. The highest BCUT2D eigenvalue weighted by Crippen LogP contribution is 2.34. The van der Waals surface area contributed by atoms with Crippen molar-refractivity contribution in [2.24, 2.45) is 0 Å². The molecule has 1 heterocycles. The molecule has 0 atom stereocenters. The second kappa shape index (κ2) is 4.12. The number of fused-ring (bicyclic) bond motifs is 1. The minimum absolute atomic E-state index is 0.166. The summed E-state index contributed by atoms with van der Waals surface area (Å²) in [4.78, 5) is 4.18. The Bertz CT molecular complexity index is 567. The van der Waals surface area contributed by atoms with Gasteiger partial charge in [-0.05, 0) is 39.0 Å². The quantitative estimate of drug-likeness (QED) is 0.826. The number of nitrogens with zero attached hydrogens (tertiary/aromatic N) is 1. The number of hydrogen-bond donors (Lipinski definition) is 1. The lowest BCUT2D eigenvalue weighted by atomic mass is 10.1. The summed E-state index contributed by atoms with van der Waals surface area (Å²) >= 11 is 1.35. The highest BCUT2D eigenvalue weighted by molar-refractivity contribution is 7.22. The molecule has 1 N–H and O–H groups in total. The number of anilines is 1. The Hall–Kier alpha value is -1.30. The topological polar surface area (TPSA) is 24.9 Å². The summed E-state index contributed by atoms with van der Waals surface area (Å²) in [6, 6.07) is 3.63. The molecule has 0 unspecified atom stereocenters. The van der Waals surface area contributed by atoms with Crippen molar-refractivity contribution in [3.05, 3.63) is 23.8 Å². The van der Waals surface area contributed by atoms with Crippen LogP contribution in [0.5, 0.6) is 0 Å². The molecule has 0 saturated heterocycles. The normalized spacial score (nSPS) is 13.0. The predicted octanol–water partition coefficient (Wildman–Crippen LogP) is 4.53. The molecule has 1 aromatic heterocycles. The Morgan fingerprint density at radius 3 is 2.39 bits per heavy atom. The molecule has 0 fully saturated rings. The summed E-state index contributed by atoms with van der Waals surface area (Å²) in [5.74, 6) is 0. The monoisotopic (exact) mass is 274 g/mol. The summed E-state index contributed by atoms with van der Waals surface area (Å²) in [6.45, 7) is 5.92. The lowest BCUT2D eigenvalue weighted by molar-refractivity contribution is -0.137. The molecule has 0 amide bonds. The van der Waals surface area contributed by atoms with Gasteiger partial charge in [0, 0.05) is 5.54 Å². The molecule has 18 heavy (non-hydrogen) atoms. The molecule has 1 aromatic carbocycles. The molecule has 0 spiro atoms. The number of rotatable bonds is 1. The fourth-order valence-electron chi connectivity index (χ4n) is 1.48. The van der Waals surface area contributed by atoms with Gasteiger partial charge in [0.1, 0.15) is 0 Å². The highest BCUT2D eigenvalue weighted by atomic mass is 32.1. The zero-order chi connectivity index (χ0) is 13.6. The average Bonchev–Trinajstić information content (AvgIpc) is 2.53. The van der Waals surface area contributed by atoms with Crippen LogP contribution >= 0.6 is 11.3 Å². The van der Waals surface area contributed by atoms with Gasteiger partial charge in [-0.25, -0.2) is 4.98 Å². The zero-order valence-electron chi connectivity index (χ0n) is 10.2. The number of hydrogen-bond acceptors (Lipinski definition) is 3. The van der Waals surface area contributed by atoms with Crippen LogP contribution < -0.4 is 5.32 Å². The van der Waals surface area contributed by atoms with Crippen LogP contribution in [0.1, 0.15) is 26.3 Å². The minimum Gasteiger partial charge on any atom is -0.357 e. The first-order valence-corrected chi connectivity index (χ1v) is 6.23. The second-order valence-electron chi connectivity index (χ2n) is 5.07. The third-order valence-electron chi connectivity index (χ3n) is 2.20. The van der Waals surface area contributed by atoms with Crippen LogP contribution in [0.2, 0.25) is 0 Å². The zero-order valence-corrected chi connectivity index (χ0v) is 11.0.